The SMILES string of the molecule is Cc1ccc(CN2CCCC3(CCC(=O)N3Cc3ccncc3)CC2)s1.O=C(O)C(F)(F)F.O=C(O)C(F)(F)F. The van der Waals surface area contributed by atoms with E-state index < -0.39 is 24.3 Å². The highest BCUT2D eigenvalue weighted by Gasteiger charge is 2.45. The van der Waals surface area contributed by atoms with Crippen LogP contribution in [0.2, 0.25) is 0 Å². The molecule has 15 heteroatoms. The van der Waals surface area contributed by atoms with Gasteiger partial charge in [-0.2, -0.15) is 26.3 Å². The molecule has 1 atom stereocenters. The maximum absolute atomic E-state index is 12.6. The van der Waals surface area contributed by atoms with E-state index in [9.17, 15) is 31.1 Å². The molecule has 0 radical (unpaired) electrons. The highest BCUT2D eigenvalue weighted by atomic mass is 32.1. The van der Waals surface area contributed by atoms with Gasteiger partial charge in [-0.1, -0.05) is 0 Å². The summed E-state index contributed by atoms with van der Waals surface area (Å²) in [5.41, 5.74) is 1.24. The molecule has 2 aliphatic heterocycles. The number of aromatic nitrogens is 1. The predicted octanol–water partition coefficient (Wildman–Crippen LogP) is 5.27. The summed E-state index contributed by atoms with van der Waals surface area (Å²) in [5.74, 6) is -5.19. The van der Waals surface area contributed by atoms with Crippen molar-refractivity contribution in [3.63, 3.8) is 0 Å². The fraction of sp³-hybridized carbons (Fsp3) is 0.520. The first-order valence-electron chi connectivity index (χ1n) is 12.1. The van der Waals surface area contributed by atoms with Crippen LogP contribution in [-0.4, -0.2) is 73.8 Å². The van der Waals surface area contributed by atoms with E-state index >= 15 is 0 Å². The van der Waals surface area contributed by atoms with Crippen molar-refractivity contribution < 1.29 is 50.9 Å². The number of carboxylic acids is 2. The summed E-state index contributed by atoms with van der Waals surface area (Å²) in [7, 11) is 0. The molecule has 2 N–H and O–H groups in total. The minimum atomic E-state index is -5.08. The largest absolute Gasteiger partial charge is 0.490 e. The number of carbonyl (C=O) groups excluding carboxylic acids is 1. The molecular weight excluding hydrogens is 568 g/mol. The third-order valence-corrected chi connectivity index (χ3v) is 7.42. The van der Waals surface area contributed by atoms with Crippen LogP contribution in [0, 0.1) is 6.92 Å². The van der Waals surface area contributed by atoms with Gasteiger partial charge in [0.05, 0.1) is 0 Å². The quantitative estimate of drug-likeness (QED) is 0.463. The summed E-state index contributed by atoms with van der Waals surface area (Å²) in [6.45, 7) is 6.16. The molecule has 0 aromatic carbocycles. The van der Waals surface area contributed by atoms with E-state index in [-0.39, 0.29) is 5.54 Å². The van der Waals surface area contributed by atoms with Gasteiger partial charge in [0.15, 0.2) is 0 Å². The number of aryl methyl sites for hydroxylation is 1. The molecule has 0 saturated carbocycles. The number of aliphatic carboxylic acids is 2. The van der Waals surface area contributed by atoms with Gasteiger partial charge in [0.1, 0.15) is 0 Å². The lowest BCUT2D eigenvalue weighted by Crippen LogP contribution is -2.45. The lowest BCUT2D eigenvalue weighted by atomic mass is 9.87. The zero-order chi connectivity index (χ0) is 30.1. The van der Waals surface area contributed by atoms with Crippen molar-refractivity contribution in [2.75, 3.05) is 13.1 Å². The van der Waals surface area contributed by atoms with Gasteiger partial charge in [-0.15, -0.1) is 11.3 Å². The monoisotopic (exact) mass is 597 g/mol. The standard InChI is InChI=1S/C21H27N3OS.2C2HF3O2/c1-17-3-4-19(26-17)16-23-13-2-8-21(10-14-23)9-5-20(25)24(21)15-18-6-11-22-12-7-18;2*3-2(4,5)1(6)7/h3-4,6-7,11-12H,2,5,8-10,13-16H2,1H3;2*(H,6,7). The van der Waals surface area contributed by atoms with Crippen LogP contribution >= 0.6 is 11.3 Å². The van der Waals surface area contributed by atoms with Crippen LogP contribution in [0.4, 0.5) is 26.3 Å². The van der Waals surface area contributed by atoms with Gasteiger partial charge in [-0.3, -0.25) is 14.7 Å². The van der Waals surface area contributed by atoms with Crippen LogP contribution in [0.1, 0.15) is 47.4 Å². The molecule has 2 fully saturated rings. The third-order valence-electron chi connectivity index (χ3n) is 6.44. The summed E-state index contributed by atoms with van der Waals surface area (Å²) in [5, 5.41) is 14.2. The molecule has 1 unspecified atom stereocenters. The Hall–Kier alpha value is -3.20. The number of nitrogens with zero attached hydrogens (tertiary/aromatic N) is 3. The van der Waals surface area contributed by atoms with E-state index in [1.54, 1.807) is 0 Å². The zero-order valence-electron chi connectivity index (χ0n) is 21.5. The van der Waals surface area contributed by atoms with Gasteiger partial charge < -0.3 is 15.1 Å². The Balaban J connectivity index is 0.000000333. The average molecular weight is 598 g/mol. The maximum Gasteiger partial charge on any atom is 0.490 e. The molecule has 0 bridgehead atoms. The highest BCUT2D eigenvalue weighted by Crippen LogP contribution is 2.40. The number of hydrogen-bond acceptors (Lipinski definition) is 6. The first kappa shape index (κ1) is 33.0. The molecule has 2 aromatic heterocycles. The number of pyridine rings is 1. The fourth-order valence-corrected chi connectivity index (χ4v) is 5.44. The predicted molar refractivity (Wildman–Crippen MR) is 132 cm³/mol. The summed E-state index contributed by atoms with van der Waals surface area (Å²) in [4.78, 5) is 42.1. The normalized spacial score (nSPS) is 19.8. The van der Waals surface area contributed by atoms with E-state index in [4.69, 9.17) is 19.8 Å². The van der Waals surface area contributed by atoms with Gasteiger partial charge in [-0.05, 0) is 69.0 Å². The van der Waals surface area contributed by atoms with E-state index in [1.165, 1.54) is 21.7 Å². The Morgan fingerprint density at radius 1 is 0.925 bits per heavy atom. The van der Waals surface area contributed by atoms with Crippen LogP contribution in [0.3, 0.4) is 0 Å². The molecule has 2 aliphatic rings. The first-order chi connectivity index (χ1) is 18.5. The number of thiophene rings is 1. The second-order valence-corrected chi connectivity index (χ2v) is 10.7. The van der Waals surface area contributed by atoms with E-state index in [2.05, 4.69) is 33.8 Å². The van der Waals surface area contributed by atoms with Crippen molar-refractivity contribution in [2.24, 2.45) is 0 Å². The van der Waals surface area contributed by atoms with Crippen LogP contribution < -0.4 is 0 Å². The maximum atomic E-state index is 12.6. The molecule has 222 valence electrons. The van der Waals surface area contributed by atoms with Crippen molar-refractivity contribution >= 4 is 29.2 Å². The number of carboxylic acid groups (broad SMARTS) is 2. The molecule has 40 heavy (non-hydrogen) atoms. The van der Waals surface area contributed by atoms with Crippen molar-refractivity contribution in [1.82, 2.24) is 14.8 Å². The Bertz CT molecular complexity index is 1120. The third kappa shape index (κ3) is 10.1. The van der Waals surface area contributed by atoms with Gasteiger partial charge >= 0.3 is 24.3 Å². The Labute approximate surface area is 230 Å². The second-order valence-electron chi connectivity index (χ2n) is 9.31. The van der Waals surface area contributed by atoms with E-state index in [0.29, 0.717) is 12.3 Å². The number of rotatable bonds is 4. The molecule has 2 saturated heterocycles. The van der Waals surface area contributed by atoms with Crippen LogP contribution in [-0.2, 0) is 27.5 Å². The van der Waals surface area contributed by atoms with E-state index in [0.717, 1.165) is 45.4 Å². The Morgan fingerprint density at radius 2 is 1.50 bits per heavy atom. The van der Waals surface area contributed by atoms with Gasteiger partial charge in [0, 0.05) is 53.7 Å². The summed E-state index contributed by atoms with van der Waals surface area (Å²) < 4.78 is 63.5. The van der Waals surface area contributed by atoms with Gasteiger partial charge in [0.2, 0.25) is 5.91 Å². The van der Waals surface area contributed by atoms with Crippen molar-refractivity contribution in [2.45, 2.75) is 70.0 Å². The smallest absolute Gasteiger partial charge is 0.475 e. The molecule has 4 rings (SSSR count). The fourth-order valence-electron chi connectivity index (χ4n) is 4.50. The molecule has 0 aliphatic carbocycles. The number of likely N-dealkylation sites (tertiary alicyclic amines) is 2. The average Bonchev–Trinajstić information content (AvgIpc) is 3.32. The molecular formula is C25H29F6N3O5S. The summed E-state index contributed by atoms with van der Waals surface area (Å²) >= 11 is 1.90. The topological polar surface area (TPSA) is 111 Å². The lowest BCUT2D eigenvalue weighted by molar-refractivity contribution is -0.193. The minimum absolute atomic E-state index is 0.0560. The molecule has 1 amide bonds. The molecule has 2 aromatic rings. The zero-order valence-corrected chi connectivity index (χ0v) is 22.3. The Kier molecular flexibility index (Phi) is 11.5. The Morgan fingerprint density at radius 3 is 2.00 bits per heavy atom. The van der Waals surface area contributed by atoms with Crippen molar-refractivity contribution in [3.05, 3.63) is 52.0 Å². The number of carbonyl (C=O) groups is 3. The summed E-state index contributed by atoms with van der Waals surface area (Å²) in [6.07, 6.45) is -1.42. The van der Waals surface area contributed by atoms with Crippen molar-refractivity contribution in [3.8, 4) is 0 Å². The second kappa shape index (κ2) is 13.9. The lowest BCUT2D eigenvalue weighted by Gasteiger charge is -2.38. The minimum Gasteiger partial charge on any atom is -0.475 e. The van der Waals surface area contributed by atoms with Crippen LogP contribution in [0.5, 0.6) is 0 Å². The number of hydrogen-bond donors (Lipinski definition) is 2. The number of alkyl halides is 6. The van der Waals surface area contributed by atoms with Gasteiger partial charge in [0.25, 0.3) is 0 Å². The van der Waals surface area contributed by atoms with Crippen LogP contribution in [0.15, 0.2) is 36.7 Å². The first-order valence-corrected chi connectivity index (χ1v) is 12.9. The summed E-state index contributed by atoms with van der Waals surface area (Å²) in [6, 6.07) is 8.53. The van der Waals surface area contributed by atoms with Gasteiger partial charge in [-0.25, -0.2) is 9.59 Å². The number of amides is 1. The molecule has 1 spiro atoms. The van der Waals surface area contributed by atoms with Crippen molar-refractivity contribution in [1.29, 1.82) is 0 Å². The molecule has 4 heterocycles. The number of halogens is 6. The van der Waals surface area contributed by atoms with Crippen LogP contribution in [0.25, 0.3) is 0 Å². The van der Waals surface area contributed by atoms with E-state index in [1.807, 2.05) is 35.9 Å². The highest BCUT2D eigenvalue weighted by molar-refractivity contribution is 7.11. The molecule has 8 nitrogen and oxygen atoms in total.